The Morgan fingerprint density at radius 2 is 1.70 bits per heavy atom. The van der Waals surface area contributed by atoms with E-state index in [1.54, 1.807) is 31.2 Å². The molecule has 3 rings (SSSR count). The van der Waals surface area contributed by atoms with E-state index in [-0.39, 0.29) is 17.1 Å². The number of anilines is 1. The summed E-state index contributed by atoms with van der Waals surface area (Å²) in [4.78, 5) is 12.8. The van der Waals surface area contributed by atoms with E-state index < -0.39 is 22.0 Å². The molecule has 140 valence electrons. The van der Waals surface area contributed by atoms with E-state index in [4.69, 9.17) is 4.52 Å². The minimum absolute atomic E-state index is 0.0909. The monoisotopic (exact) mass is 385 g/mol. The fourth-order valence-electron chi connectivity index (χ4n) is 2.53. The van der Waals surface area contributed by atoms with Gasteiger partial charge in [0.2, 0.25) is 15.9 Å². The average molecular weight is 385 g/mol. The van der Waals surface area contributed by atoms with Gasteiger partial charge in [-0.25, -0.2) is 8.42 Å². The fourth-order valence-corrected chi connectivity index (χ4v) is 3.75. The number of benzene rings is 2. The molecule has 0 fully saturated rings. The van der Waals surface area contributed by atoms with E-state index in [1.807, 2.05) is 30.3 Å². The summed E-state index contributed by atoms with van der Waals surface area (Å²) in [5.41, 5.74) is 0.824. The Morgan fingerprint density at radius 1 is 1.07 bits per heavy atom. The Hall–Kier alpha value is -2.97. The lowest BCUT2D eigenvalue weighted by atomic mass is 10.1. The Morgan fingerprint density at radius 3 is 2.30 bits per heavy atom. The summed E-state index contributed by atoms with van der Waals surface area (Å²) < 4.78 is 32.8. The van der Waals surface area contributed by atoms with Gasteiger partial charge >= 0.3 is 0 Å². The SMILES string of the molecule is Cc1cc(NC(=O)C(Cc2ccccc2)NS(=O)(=O)c2ccccc2)no1. The minimum Gasteiger partial charge on any atom is -0.360 e. The molecule has 1 heterocycles. The first-order chi connectivity index (χ1) is 12.9. The van der Waals surface area contributed by atoms with Gasteiger partial charge in [-0.1, -0.05) is 53.7 Å². The van der Waals surface area contributed by atoms with Crippen molar-refractivity contribution >= 4 is 21.7 Å². The maximum Gasteiger partial charge on any atom is 0.244 e. The van der Waals surface area contributed by atoms with Crippen molar-refractivity contribution in [1.29, 1.82) is 0 Å². The first kappa shape index (κ1) is 18.8. The molecule has 1 amide bonds. The van der Waals surface area contributed by atoms with Crippen LogP contribution in [0, 0.1) is 6.92 Å². The summed E-state index contributed by atoms with van der Waals surface area (Å²) in [5, 5.41) is 6.30. The first-order valence-corrected chi connectivity index (χ1v) is 9.78. The van der Waals surface area contributed by atoms with Crippen LogP contribution in [0.5, 0.6) is 0 Å². The number of carbonyl (C=O) groups is 1. The molecule has 0 bridgehead atoms. The van der Waals surface area contributed by atoms with Gasteiger partial charge in [0.25, 0.3) is 0 Å². The molecule has 27 heavy (non-hydrogen) atoms. The van der Waals surface area contributed by atoms with Gasteiger partial charge in [0.05, 0.1) is 4.90 Å². The van der Waals surface area contributed by atoms with Gasteiger partial charge in [0.15, 0.2) is 5.82 Å². The van der Waals surface area contributed by atoms with Crippen LogP contribution in [-0.4, -0.2) is 25.5 Å². The third-order valence-corrected chi connectivity index (χ3v) is 5.32. The number of nitrogens with one attached hydrogen (secondary N) is 2. The summed E-state index contributed by atoms with van der Waals surface area (Å²) >= 11 is 0. The smallest absolute Gasteiger partial charge is 0.244 e. The van der Waals surface area contributed by atoms with Crippen molar-refractivity contribution in [2.75, 3.05) is 5.32 Å². The molecule has 2 aromatic carbocycles. The number of nitrogens with zero attached hydrogens (tertiary/aromatic N) is 1. The molecule has 0 aliphatic carbocycles. The Kier molecular flexibility index (Phi) is 5.68. The topological polar surface area (TPSA) is 101 Å². The van der Waals surface area contributed by atoms with Crippen molar-refractivity contribution < 1.29 is 17.7 Å². The second-order valence-corrected chi connectivity index (χ2v) is 7.70. The number of amides is 1. The molecule has 0 spiro atoms. The second kappa shape index (κ2) is 8.15. The van der Waals surface area contributed by atoms with Crippen molar-refractivity contribution in [2.24, 2.45) is 0 Å². The highest BCUT2D eigenvalue weighted by atomic mass is 32.2. The molecule has 3 aromatic rings. The van der Waals surface area contributed by atoms with Gasteiger partial charge in [0, 0.05) is 6.07 Å². The van der Waals surface area contributed by atoms with Crippen molar-refractivity contribution in [3.63, 3.8) is 0 Å². The lowest BCUT2D eigenvalue weighted by Gasteiger charge is -2.18. The molecule has 0 aliphatic heterocycles. The molecule has 1 atom stereocenters. The molecule has 0 saturated carbocycles. The lowest BCUT2D eigenvalue weighted by molar-refractivity contribution is -0.117. The highest BCUT2D eigenvalue weighted by Crippen LogP contribution is 2.13. The summed E-state index contributed by atoms with van der Waals surface area (Å²) in [6, 6.07) is 17.6. The van der Waals surface area contributed by atoms with E-state index in [0.717, 1.165) is 5.56 Å². The lowest BCUT2D eigenvalue weighted by Crippen LogP contribution is -2.45. The average Bonchev–Trinajstić information content (AvgIpc) is 3.07. The van der Waals surface area contributed by atoms with E-state index in [9.17, 15) is 13.2 Å². The highest BCUT2D eigenvalue weighted by molar-refractivity contribution is 7.89. The number of carbonyl (C=O) groups excluding carboxylic acids is 1. The van der Waals surface area contributed by atoms with Crippen molar-refractivity contribution in [1.82, 2.24) is 9.88 Å². The molecule has 1 unspecified atom stereocenters. The zero-order valence-corrected chi connectivity index (χ0v) is 15.4. The van der Waals surface area contributed by atoms with Crippen LogP contribution in [0.2, 0.25) is 0 Å². The predicted molar refractivity (Wildman–Crippen MR) is 101 cm³/mol. The number of sulfonamides is 1. The molecule has 8 heteroatoms. The number of rotatable bonds is 7. The normalized spacial score (nSPS) is 12.5. The van der Waals surface area contributed by atoms with Crippen LogP contribution < -0.4 is 10.0 Å². The van der Waals surface area contributed by atoms with Crippen LogP contribution in [0.3, 0.4) is 0 Å². The summed E-state index contributed by atoms with van der Waals surface area (Å²) in [6.45, 7) is 1.70. The van der Waals surface area contributed by atoms with Crippen LogP contribution in [0.4, 0.5) is 5.82 Å². The molecule has 2 N–H and O–H groups in total. The van der Waals surface area contributed by atoms with Crippen LogP contribution >= 0.6 is 0 Å². The second-order valence-electron chi connectivity index (χ2n) is 5.99. The highest BCUT2D eigenvalue weighted by Gasteiger charge is 2.26. The molecule has 0 saturated heterocycles. The summed E-state index contributed by atoms with van der Waals surface area (Å²) in [5.74, 6) is 0.246. The van der Waals surface area contributed by atoms with Gasteiger partial charge in [-0.3, -0.25) is 4.79 Å². The van der Waals surface area contributed by atoms with Gasteiger partial charge in [0.1, 0.15) is 11.8 Å². The largest absolute Gasteiger partial charge is 0.360 e. The van der Waals surface area contributed by atoms with Crippen molar-refractivity contribution in [3.05, 3.63) is 78.1 Å². The zero-order valence-electron chi connectivity index (χ0n) is 14.6. The van der Waals surface area contributed by atoms with E-state index in [1.165, 1.54) is 12.1 Å². The molecular formula is C19H19N3O4S. The Bertz CT molecular complexity index is 1000. The van der Waals surface area contributed by atoms with Gasteiger partial charge in [-0.05, 0) is 31.0 Å². The van der Waals surface area contributed by atoms with Crippen molar-refractivity contribution in [2.45, 2.75) is 24.3 Å². The van der Waals surface area contributed by atoms with Crippen LogP contribution in [0.15, 0.2) is 76.1 Å². The zero-order chi connectivity index (χ0) is 19.3. The van der Waals surface area contributed by atoms with Gasteiger partial charge in [-0.15, -0.1) is 0 Å². The van der Waals surface area contributed by atoms with Crippen LogP contribution in [0.1, 0.15) is 11.3 Å². The maximum atomic E-state index is 12.7. The van der Waals surface area contributed by atoms with E-state index in [0.29, 0.717) is 5.76 Å². The van der Waals surface area contributed by atoms with Gasteiger partial charge in [-0.2, -0.15) is 4.72 Å². The van der Waals surface area contributed by atoms with E-state index >= 15 is 0 Å². The molecular weight excluding hydrogens is 366 g/mol. The van der Waals surface area contributed by atoms with E-state index in [2.05, 4.69) is 15.2 Å². The van der Waals surface area contributed by atoms with Gasteiger partial charge < -0.3 is 9.84 Å². The predicted octanol–water partition coefficient (Wildman–Crippen LogP) is 2.51. The summed E-state index contributed by atoms with van der Waals surface area (Å²) in [6.07, 6.45) is 0.190. The molecule has 0 radical (unpaired) electrons. The number of aryl methyl sites for hydroxylation is 1. The number of aromatic nitrogens is 1. The first-order valence-electron chi connectivity index (χ1n) is 8.29. The maximum absolute atomic E-state index is 12.7. The van der Waals surface area contributed by atoms with Crippen molar-refractivity contribution in [3.8, 4) is 0 Å². The molecule has 7 nitrogen and oxygen atoms in total. The quantitative estimate of drug-likeness (QED) is 0.651. The fraction of sp³-hybridized carbons (Fsp3) is 0.158. The van der Waals surface area contributed by atoms with Crippen LogP contribution in [0.25, 0.3) is 0 Å². The third-order valence-electron chi connectivity index (χ3n) is 3.83. The van der Waals surface area contributed by atoms with Crippen LogP contribution in [-0.2, 0) is 21.2 Å². The third kappa shape index (κ3) is 5.02. The summed E-state index contributed by atoms with van der Waals surface area (Å²) in [7, 11) is -3.87. The molecule has 0 aliphatic rings. The molecule has 1 aromatic heterocycles. The Balaban J connectivity index is 1.84. The number of hydrogen-bond donors (Lipinski definition) is 2. The Labute approximate surface area is 157 Å². The minimum atomic E-state index is -3.87. The standard InChI is InChI=1S/C19H19N3O4S/c1-14-12-18(21-26-14)20-19(23)17(13-15-8-4-2-5-9-15)22-27(24,25)16-10-6-3-7-11-16/h2-12,17,22H,13H2,1H3,(H,20,21,23). The number of hydrogen-bond acceptors (Lipinski definition) is 5.